The fraction of sp³-hybridized carbons (Fsp3) is 0.625. The van der Waals surface area contributed by atoms with Crippen molar-refractivity contribution in [3.63, 3.8) is 0 Å². The maximum absolute atomic E-state index is 11.2. The highest BCUT2D eigenvalue weighted by atomic mass is 16.6. The van der Waals surface area contributed by atoms with Crippen LogP contribution in [0, 0.1) is 10.1 Å². The lowest BCUT2D eigenvalue weighted by atomic mass is 10.1. The molecule has 0 amide bonds. The second-order valence-corrected chi connectivity index (χ2v) is 2.89. The molecular weight excluding hydrogens is 158 g/mol. The van der Waals surface area contributed by atoms with Crippen LogP contribution in [0.1, 0.15) is 25.7 Å². The highest BCUT2D eigenvalue weighted by Gasteiger charge is 2.16. The van der Waals surface area contributed by atoms with Gasteiger partial charge >= 0.3 is 0 Å². The maximum Gasteiger partial charge on any atom is 0.232 e. The van der Waals surface area contributed by atoms with Crippen molar-refractivity contribution >= 4 is 5.78 Å². The van der Waals surface area contributed by atoms with Crippen LogP contribution in [0.4, 0.5) is 0 Å². The van der Waals surface area contributed by atoms with E-state index < -0.39 is 4.92 Å². The van der Waals surface area contributed by atoms with E-state index in [9.17, 15) is 14.9 Å². The maximum atomic E-state index is 11.2. The van der Waals surface area contributed by atoms with Crippen LogP contribution in [0.25, 0.3) is 0 Å². The monoisotopic (exact) mass is 169 g/mol. The average molecular weight is 169 g/mol. The molecule has 0 atom stereocenters. The molecule has 12 heavy (non-hydrogen) atoms. The van der Waals surface area contributed by atoms with Crippen LogP contribution >= 0.6 is 0 Å². The van der Waals surface area contributed by atoms with E-state index in [0.717, 1.165) is 19.3 Å². The number of allylic oxidation sites excluding steroid dienone is 1. The molecule has 0 saturated carbocycles. The number of carbonyl (C=O) groups is 1. The van der Waals surface area contributed by atoms with Gasteiger partial charge in [0.25, 0.3) is 0 Å². The summed E-state index contributed by atoms with van der Waals surface area (Å²) in [5, 5.41) is 10.1. The number of ketones is 1. The molecule has 0 heterocycles. The van der Waals surface area contributed by atoms with Crippen molar-refractivity contribution in [3.8, 4) is 0 Å². The SMILES string of the molecule is O=C1CCCCC=C1C[N+](=O)[O-]. The van der Waals surface area contributed by atoms with Crippen molar-refractivity contribution in [1.82, 2.24) is 0 Å². The number of nitro groups is 1. The molecular formula is C8H11NO3. The summed E-state index contributed by atoms with van der Waals surface area (Å²) in [6.07, 6.45) is 4.80. The quantitative estimate of drug-likeness (QED) is 0.462. The van der Waals surface area contributed by atoms with Crippen molar-refractivity contribution in [2.24, 2.45) is 0 Å². The summed E-state index contributed by atoms with van der Waals surface area (Å²) in [7, 11) is 0. The van der Waals surface area contributed by atoms with Gasteiger partial charge in [-0.2, -0.15) is 0 Å². The lowest BCUT2D eigenvalue weighted by Crippen LogP contribution is -2.11. The zero-order valence-corrected chi connectivity index (χ0v) is 6.78. The molecule has 0 aliphatic heterocycles. The third-order valence-corrected chi connectivity index (χ3v) is 1.91. The highest BCUT2D eigenvalue weighted by molar-refractivity contribution is 5.95. The van der Waals surface area contributed by atoms with Gasteiger partial charge in [-0.1, -0.05) is 6.08 Å². The largest absolute Gasteiger partial charge is 0.294 e. The van der Waals surface area contributed by atoms with Gasteiger partial charge in [0.15, 0.2) is 5.78 Å². The molecule has 66 valence electrons. The molecule has 1 aliphatic carbocycles. The van der Waals surface area contributed by atoms with E-state index in [2.05, 4.69) is 0 Å². The first-order valence-corrected chi connectivity index (χ1v) is 4.04. The number of carbonyl (C=O) groups excluding carboxylic acids is 1. The molecule has 0 spiro atoms. The number of rotatable bonds is 2. The zero-order chi connectivity index (χ0) is 8.97. The van der Waals surface area contributed by atoms with Crippen LogP contribution in [-0.4, -0.2) is 17.3 Å². The second kappa shape index (κ2) is 3.99. The molecule has 1 aliphatic rings. The first-order valence-electron chi connectivity index (χ1n) is 4.04. The number of nitrogens with zero attached hydrogens (tertiary/aromatic N) is 1. The van der Waals surface area contributed by atoms with Crippen LogP contribution in [0.2, 0.25) is 0 Å². The van der Waals surface area contributed by atoms with Gasteiger partial charge in [0.05, 0.1) is 5.57 Å². The standard InChI is InChI=1S/C8H11NO3/c10-8-5-3-1-2-4-7(8)6-9(11)12/h4H,1-3,5-6H2. The first-order chi connectivity index (χ1) is 5.70. The summed E-state index contributed by atoms with van der Waals surface area (Å²) in [4.78, 5) is 20.9. The number of hydrogen-bond acceptors (Lipinski definition) is 3. The second-order valence-electron chi connectivity index (χ2n) is 2.89. The Labute approximate surface area is 70.4 Å². The summed E-state index contributed by atoms with van der Waals surface area (Å²) in [5.41, 5.74) is 0.387. The molecule has 0 unspecified atom stereocenters. The summed E-state index contributed by atoms with van der Waals surface area (Å²) in [6.45, 7) is -0.307. The van der Waals surface area contributed by atoms with Crippen LogP contribution < -0.4 is 0 Å². The van der Waals surface area contributed by atoms with E-state index in [1.807, 2.05) is 0 Å². The molecule has 1 rings (SSSR count). The Morgan fingerprint density at radius 3 is 2.92 bits per heavy atom. The molecule has 0 aromatic heterocycles. The predicted molar refractivity (Wildman–Crippen MR) is 43.4 cm³/mol. The van der Waals surface area contributed by atoms with Gasteiger partial charge in [0, 0.05) is 11.3 Å². The molecule has 0 fully saturated rings. The minimum atomic E-state index is -0.449. The Kier molecular flexibility index (Phi) is 2.96. The van der Waals surface area contributed by atoms with E-state index in [1.54, 1.807) is 6.08 Å². The van der Waals surface area contributed by atoms with Gasteiger partial charge in [-0.3, -0.25) is 14.9 Å². The third kappa shape index (κ3) is 2.45. The molecule has 0 aromatic carbocycles. The Hall–Kier alpha value is -1.19. The Morgan fingerprint density at radius 1 is 1.50 bits per heavy atom. The van der Waals surface area contributed by atoms with E-state index >= 15 is 0 Å². The Balaban J connectivity index is 2.63. The zero-order valence-electron chi connectivity index (χ0n) is 6.78. The van der Waals surface area contributed by atoms with Crippen molar-refractivity contribution in [2.75, 3.05) is 6.54 Å². The summed E-state index contributed by atoms with van der Waals surface area (Å²) >= 11 is 0. The van der Waals surface area contributed by atoms with E-state index in [1.165, 1.54) is 0 Å². The third-order valence-electron chi connectivity index (χ3n) is 1.91. The lowest BCUT2D eigenvalue weighted by Gasteiger charge is -1.96. The number of Topliss-reactive ketones (excluding diaryl/α,β-unsaturated/α-hetero) is 1. The fourth-order valence-electron chi connectivity index (χ4n) is 1.27. The summed E-state index contributed by atoms with van der Waals surface area (Å²) in [6, 6.07) is 0. The minimum absolute atomic E-state index is 0.0517. The van der Waals surface area contributed by atoms with Gasteiger partial charge in [0.1, 0.15) is 0 Å². The topological polar surface area (TPSA) is 60.2 Å². The molecule has 4 heteroatoms. The molecule has 0 aromatic rings. The van der Waals surface area contributed by atoms with Gasteiger partial charge in [-0.05, 0) is 19.3 Å². The predicted octanol–water partition coefficient (Wildman–Crippen LogP) is 1.33. The Morgan fingerprint density at radius 2 is 2.25 bits per heavy atom. The van der Waals surface area contributed by atoms with Crippen LogP contribution in [0.15, 0.2) is 11.6 Å². The van der Waals surface area contributed by atoms with E-state index in [-0.39, 0.29) is 12.3 Å². The first kappa shape index (κ1) is 8.90. The van der Waals surface area contributed by atoms with Gasteiger partial charge in [0.2, 0.25) is 6.54 Å². The fourth-order valence-corrected chi connectivity index (χ4v) is 1.27. The van der Waals surface area contributed by atoms with Crippen molar-refractivity contribution < 1.29 is 9.72 Å². The minimum Gasteiger partial charge on any atom is -0.294 e. The van der Waals surface area contributed by atoms with Crippen LogP contribution in [-0.2, 0) is 4.79 Å². The molecule has 0 bridgehead atoms. The smallest absolute Gasteiger partial charge is 0.232 e. The van der Waals surface area contributed by atoms with Crippen LogP contribution in [0.5, 0.6) is 0 Å². The molecule has 0 radical (unpaired) electrons. The molecule has 4 nitrogen and oxygen atoms in total. The normalized spacial score (nSPS) is 18.3. The van der Waals surface area contributed by atoms with Gasteiger partial charge < -0.3 is 0 Å². The van der Waals surface area contributed by atoms with Crippen LogP contribution in [0.3, 0.4) is 0 Å². The summed E-state index contributed by atoms with van der Waals surface area (Å²) < 4.78 is 0. The van der Waals surface area contributed by atoms with E-state index in [4.69, 9.17) is 0 Å². The van der Waals surface area contributed by atoms with E-state index in [0.29, 0.717) is 12.0 Å². The highest BCUT2D eigenvalue weighted by Crippen LogP contribution is 2.13. The average Bonchev–Trinajstić information content (AvgIpc) is 2.16. The van der Waals surface area contributed by atoms with Crippen molar-refractivity contribution in [3.05, 3.63) is 21.8 Å². The summed E-state index contributed by atoms with van der Waals surface area (Å²) in [5.74, 6) is -0.0517. The molecule has 0 saturated heterocycles. The van der Waals surface area contributed by atoms with Crippen molar-refractivity contribution in [1.29, 1.82) is 0 Å². The van der Waals surface area contributed by atoms with Gasteiger partial charge in [-0.25, -0.2) is 0 Å². The van der Waals surface area contributed by atoms with Gasteiger partial charge in [-0.15, -0.1) is 0 Å². The number of hydrogen-bond donors (Lipinski definition) is 0. The van der Waals surface area contributed by atoms with Crippen molar-refractivity contribution in [2.45, 2.75) is 25.7 Å². The Bertz CT molecular complexity index is 232. The molecule has 0 N–H and O–H groups in total. The lowest BCUT2D eigenvalue weighted by molar-refractivity contribution is -0.470.